The van der Waals surface area contributed by atoms with E-state index in [1.165, 1.54) is 6.08 Å². The van der Waals surface area contributed by atoms with E-state index >= 15 is 0 Å². The van der Waals surface area contributed by atoms with Gasteiger partial charge in [0.25, 0.3) is 8.32 Å². The highest BCUT2D eigenvalue weighted by molar-refractivity contribution is 6.99. The quantitative estimate of drug-likeness (QED) is 0.466. The normalized spacial score (nSPS) is 14.3. The molecule has 2 atom stereocenters. The van der Waals surface area contributed by atoms with Crippen LogP contribution in [0.5, 0.6) is 0 Å². The molecule has 2 aromatic carbocycles. The Hall–Kier alpha value is -2.41. The lowest BCUT2D eigenvalue weighted by molar-refractivity contribution is 0.0414. The summed E-state index contributed by atoms with van der Waals surface area (Å²) in [5, 5.41) is 15.4. The molecule has 0 bridgehead atoms. The van der Waals surface area contributed by atoms with E-state index in [1.807, 2.05) is 36.4 Å². The van der Waals surface area contributed by atoms with Crippen molar-refractivity contribution in [3.8, 4) is 0 Å². The number of rotatable bonds is 8. The van der Waals surface area contributed by atoms with Gasteiger partial charge in [0, 0.05) is 0 Å². The van der Waals surface area contributed by atoms with Crippen molar-refractivity contribution in [2.45, 2.75) is 64.3 Å². The fourth-order valence-corrected chi connectivity index (χ4v) is 8.41. The van der Waals surface area contributed by atoms with Crippen molar-refractivity contribution in [1.82, 2.24) is 5.32 Å². The number of amides is 1. The molecule has 32 heavy (non-hydrogen) atoms. The molecule has 0 heterocycles. The van der Waals surface area contributed by atoms with E-state index in [9.17, 15) is 9.90 Å². The van der Waals surface area contributed by atoms with Crippen LogP contribution in [0.15, 0.2) is 73.3 Å². The number of aliphatic hydroxyl groups is 1. The van der Waals surface area contributed by atoms with E-state index in [0.29, 0.717) is 0 Å². The largest absolute Gasteiger partial charge is 0.444 e. The summed E-state index contributed by atoms with van der Waals surface area (Å²) in [5.74, 6) is 0. The maximum Gasteiger partial charge on any atom is 0.408 e. The van der Waals surface area contributed by atoms with Gasteiger partial charge in [0.2, 0.25) is 0 Å². The Balaban J connectivity index is 2.46. The molecule has 0 aliphatic heterocycles. The minimum atomic E-state index is -2.81. The SMILES string of the molecule is C=C[C@@H](O)[C@@H](CO[Si](c1ccccc1)(c1ccccc1)C(C)(C)C)NC(=O)OC(C)(C)C. The molecule has 6 heteroatoms. The number of ether oxygens (including phenoxy) is 1. The molecule has 2 N–H and O–H groups in total. The number of aliphatic hydroxyl groups excluding tert-OH is 1. The van der Waals surface area contributed by atoms with Crippen molar-refractivity contribution in [2.24, 2.45) is 0 Å². The van der Waals surface area contributed by atoms with Gasteiger partial charge in [-0.1, -0.05) is 87.5 Å². The second-order valence-electron chi connectivity index (χ2n) is 9.95. The van der Waals surface area contributed by atoms with E-state index in [1.54, 1.807) is 20.8 Å². The van der Waals surface area contributed by atoms with Gasteiger partial charge in [0.05, 0.1) is 18.8 Å². The number of hydrogen-bond acceptors (Lipinski definition) is 4. The zero-order chi connectivity index (χ0) is 24.0. The van der Waals surface area contributed by atoms with E-state index in [4.69, 9.17) is 9.16 Å². The predicted octanol–water partition coefficient (Wildman–Crippen LogP) is 4.00. The van der Waals surface area contributed by atoms with Gasteiger partial charge in [-0.25, -0.2) is 4.79 Å². The molecular formula is C26H37NO4Si. The van der Waals surface area contributed by atoms with Gasteiger partial charge >= 0.3 is 6.09 Å². The number of benzene rings is 2. The number of carbonyl (C=O) groups excluding carboxylic acids is 1. The van der Waals surface area contributed by atoms with Gasteiger partial charge < -0.3 is 19.6 Å². The van der Waals surface area contributed by atoms with Gasteiger partial charge in [-0.2, -0.15) is 0 Å². The summed E-state index contributed by atoms with van der Waals surface area (Å²) in [7, 11) is -2.81. The first-order valence-electron chi connectivity index (χ1n) is 11.0. The van der Waals surface area contributed by atoms with E-state index < -0.39 is 32.2 Å². The van der Waals surface area contributed by atoms with Crippen LogP contribution in [-0.4, -0.2) is 43.9 Å². The standard InChI is InChI=1S/C26H37NO4Si/c1-8-23(28)22(27-24(29)31-25(2,3)4)19-30-32(26(5,6)7,20-15-11-9-12-16-20)21-17-13-10-14-18-21/h8-18,22-23,28H,1,19H2,2-7H3,(H,27,29)/t22-,23-/m1/s1. The Morgan fingerprint density at radius 3 is 1.84 bits per heavy atom. The van der Waals surface area contributed by atoms with Crippen molar-refractivity contribution >= 4 is 24.8 Å². The van der Waals surface area contributed by atoms with Crippen molar-refractivity contribution in [1.29, 1.82) is 0 Å². The van der Waals surface area contributed by atoms with Gasteiger partial charge in [-0.3, -0.25) is 0 Å². The topological polar surface area (TPSA) is 67.8 Å². The van der Waals surface area contributed by atoms with E-state index in [2.05, 4.69) is 56.9 Å². The van der Waals surface area contributed by atoms with Gasteiger partial charge in [0.15, 0.2) is 0 Å². The molecule has 5 nitrogen and oxygen atoms in total. The highest BCUT2D eigenvalue weighted by atomic mass is 28.4. The smallest absolute Gasteiger partial charge is 0.408 e. The molecule has 2 rings (SSSR count). The average Bonchev–Trinajstić information content (AvgIpc) is 2.72. The van der Waals surface area contributed by atoms with Crippen LogP contribution in [0.4, 0.5) is 4.79 Å². The van der Waals surface area contributed by atoms with Crippen LogP contribution < -0.4 is 15.7 Å². The lowest BCUT2D eigenvalue weighted by atomic mass is 10.2. The second kappa shape index (κ2) is 10.5. The molecule has 1 amide bonds. The molecular weight excluding hydrogens is 418 g/mol. The fourth-order valence-electron chi connectivity index (χ4n) is 3.83. The lowest BCUT2D eigenvalue weighted by Gasteiger charge is -2.44. The third kappa shape index (κ3) is 6.31. The van der Waals surface area contributed by atoms with Gasteiger partial charge in [-0.05, 0) is 36.2 Å². The molecule has 0 unspecified atom stereocenters. The second-order valence-corrected chi connectivity index (χ2v) is 14.3. The summed E-state index contributed by atoms with van der Waals surface area (Å²) in [4.78, 5) is 12.4. The van der Waals surface area contributed by atoms with Crippen LogP contribution in [0, 0.1) is 0 Å². The van der Waals surface area contributed by atoms with Crippen LogP contribution in [0.3, 0.4) is 0 Å². The highest BCUT2D eigenvalue weighted by Crippen LogP contribution is 2.36. The molecule has 0 aromatic heterocycles. The highest BCUT2D eigenvalue weighted by Gasteiger charge is 2.50. The number of alkyl carbamates (subject to hydrolysis) is 1. The third-order valence-electron chi connectivity index (χ3n) is 5.25. The summed E-state index contributed by atoms with van der Waals surface area (Å²) in [6.45, 7) is 15.7. The molecule has 0 aliphatic carbocycles. The molecule has 0 saturated heterocycles. The first-order valence-corrected chi connectivity index (χ1v) is 12.9. The first-order chi connectivity index (χ1) is 14.9. The van der Waals surface area contributed by atoms with E-state index in [0.717, 1.165) is 10.4 Å². The Morgan fingerprint density at radius 1 is 1.00 bits per heavy atom. The first kappa shape index (κ1) is 25.8. The Kier molecular flexibility index (Phi) is 8.45. The predicted molar refractivity (Wildman–Crippen MR) is 133 cm³/mol. The van der Waals surface area contributed by atoms with Crippen LogP contribution in [0.2, 0.25) is 5.04 Å². The third-order valence-corrected chi connectivity index (χ3v) is 10.3. The van der Waals surface area contributed by atoms with Gasteiger partial charge in [-0.15, -0.1) is 6.58 Å². The summed E-state index contributed by atoms with van der Waals surface area (Å²) >= 11 is 0. The zero-order valence-corrected chi connectivity index (χ0v) is 21.1. The maximum atomic E-state index is 12.4. The monoisotopic (exact) mass is 455 g/mol. The fraction of sp³-hybridized carbons (Fsp3) is 0.423. The van der Waals surface area contributed by atoms with Crippen LogP contribution in [0.1, 0.15) is 41.5 Å². The zero-order valence-electron chi connectivity index (χ0n) is 20.1. The van der Waals surface area contributed by atoms with Crippen molar-refractivity contribution < 1.29 is 19.1 Å². The van der Waals surface area contributed by atoms with Crippen LogP contribution in [0.25, 0.3) is 0 Å². The minimum absolute atomic E-state index is 0.111. The van der Waals surface area contributed by atoms with Gasteiger partial charge in [0.1, 0.15) is 5.60 Å². The molecule has 0 spiro atoms. The summed E-state index contributed by atoms with van der Waals surface area (Å²) in [6, 6.07) is 19.8. The summed E-state index contributed by atoms with van der Waals surface area (Å²) in [6.07, 6.45) is -0.188. The molecule has 0 saturated carbocycles. The Morgan fingerprint density at radius 2 is 1.47 bits per heavy atom. The van der Waals surface area contributed by atoms with Crippen molar-refractivity contribution in [3.63, 3.8) is 0 Å². The molecule has 0 fully saturated rings. The van der Waals surface area contributed by atoms with E-state index in [-0.39, 0.29) is 11.6 Å². The Labute approximate surface area is 193 Å². The van der Waals surface area contributed by atoms with Crippen molar-refractivity contribution in [3.05, 3.63) is 73.3 Å². The van der Waals surface area contributed by atoms with Crippen LogP contribution in [-0.2, 0) is 9.16 Å². The Bertz CT molecular complexity index is 833. The van der Waals surface area contributed by atoms with Crippen molar-refractivity contribution in [2.75, 3.05) is 6.61 Å². The average molecular weight is 456 g/mol. The number of carbonyl (C=O) groups is 1. The summed E-state index contributed by atoms with van der Waals surface area (Å²) < 4.78 is 12.2. The summed E-state index contributed by atoms with van der Waals surface area (Å²) in [5.41, 5.74) is -0.646. The maximum absolute atomic E-state index is 12.4. The molecule has 0 radical (unpaired) electrons. The molecule has 174 valence electrons. The minimum Gasteiger partial charge on any atom is -0.444 e. The number of nitrogens with one attached hydrogen (secondary N) is 1. The van der Waals surface area contributed by atoms with Crippen LogP contribution >= 0.6 is 0 Å². The number of hydrogen-bond donors (Lipinski definition) is 2. The molecule has 2 aromatic rings. The molecule has 0 aliphatic rings. The lowest BCUT2D eigenvalue weighted by Crippen LogP contribution is -2.67.